The molecule has 1 atom stereocenters. The van der Waals surface area contributed by atoms with Crippen LogP contribution in [0.3, 0.4) is 0 Å². The molecular weight excluding hydrogens is 300 g/mol. The molecule has 2 N–H and O–H groups in total. The molecule has 5 nitrogen and oxygen atoms in total. The van der Waals surface area contributed by atoms with Crippen LogP contribution in [0.25, 0.3) is 0 Å². The molecule has 0 aliphatic carbocycles. The van der Waals surface area contributed by atoms with Gasteiger partial charge in [0.15, 0.2) is 5.96 Å². The van der Waals surface area contributed by atoms with Gasteiger partial charge in [-0.05, 0) is 24.5 Å². The Kier molecular flexibility index (Phi) is 6.61. The summed E-state index contributed by atoms with van der Waals surface area (Å²) in [6.07, 6.45) is 1.72. The maximum Gasteiger partial charge on any atom is 0.218 e. The second kappa shape index (κ2) is 8.91. The van der Waals surface area contributed by atoms with Crippen LogP contribution in [0.2, 0.25) is 0 Å². The zero-order chi connectivity index (χ0) is 17.4. The third-order valence-electron chi connectivity index (χ3n) is 3.94. The fraction of sp³-hybridized carbons (Fsp3) is 0.368. The SMILES string of the molecule is CN=C(NCc1cccnc1OC)NCC(C)c1ccc(C)cc1. The lowest BCUT2D eigenvalue weighted by atomic mass is 10.0. The van der Waals surface area contributed by atoms with E-state index in [1.54, 1.807) is 20.4 Å². The van der Waals surface area contributed by atoms with E-state index in [0.29, 0.717) is 18.3 Å². The van der Waals surface area contributed by atoms with Crippen LogP contribution in [-0.2, 0) is 6.54 Å². The van der Waals surface area contributed by atoms with Gasteiger partial charge in [0, 0.05) is 31.9 Å². The van der Waals surface area contributed by atoms with Gasteiger partial charge in [-0.2, -0.15) is 0 Å². The Bertz CT molecular complexity index is 667. The number of hydrogen-bond donors (Lipinski definition) is 2. The zero-order valence-electron chi connectivity index (χ0n) is 14.8. The highest BCUT2D eigenvalue weighted by atomic mass is 16.5. The second-order valence-corrected chi connectivity index (χ2v) is 5.79. The van der Waals surface area contributed by atoms with E-state index in [1.807, 2.05) is 12.1 Å². The Balaban J connectivity index is 1.87. The predicted octanol–water partition coefficient (Wildman–Crippen LogP) is 2.87. The summed E-state index contributed by atoms with van der Waals surface area (Å²) in [5.74, 6) is 1.80. The molecule has 2 rings (SSSR count). The Labute approximate surface area is 144 Å². The Morgan fingerprint density at radius 3 is 2.62 bits per heavy atom. The van der Waals surface area contributed by atoms with Gasteiger partial charge in [-0.25, -0.2) is 4.98 Å². The first-order chi connectivity index (χ1) is 11.6. The Hall–Kier alpha value is -2.56. The minimum absolute atomic E-state index is 0.400. The van der Waals surface area contributed by atoms with Crippen molar-refractivity contribution in [3.05, 3.63) is 59.3 Å². The monoisotopic (exact) mass is 326 g/mol. The van der Waals surface area contributed by atoms with E-state index < -0.39 is 0 Å². The van der Waals surface area contributed by atoms with Gasteiger partial charge in [-0.3, -0.25) is 4.99 Å². The van der Waals surface area contributed by atoms with Gasteiger partial charge in [0.05, 0.1) is 7.11 Å². The third-order valence-corrected chi connectivity index (χ3v) is 3.94. The highest BCUT2D eigenvalue weighted by Gasteiger charge is 2.08. The fourth-order valence-corrected chi connectivity index (χ4v) is 2.40. The average molecular weight is 326 g/mol. The van der Waals surface area contributed by atoms with Gasteiger partial charge < -0.3 is 15.4 Å². The molecule has 2 aromatic rings. The van der Waals surface area contributed by atoms with Gasteiger partial charge in [0.1, 0.15) is 0 Å². The number of rotatable bonds is 6. The normalized spacial score (nSPS) is 12.6. The first-order valence-corrected chi connectivity index (χ1v) is 8.13. The summed E-state index contributed by atoms with van der Waals surface area (Å²) in [6, 6.07) is 12.5. The third kappa shape index (κ3) is 4.98. The fourth-order valence-electron chi connectivity index (χ4n) is 2.40. The lowest BCUT2D eigenvalue weighted by molar-refractivity contribution is 0.392. The van der Waals surface area contributed by atoms with Crippen LogP contribution in [-0.4, -0.2) is 31.6 Å². The maximum atomic E-state index is 5.27. The van der Waals surface area contributed by atoms with Crippen molar-refractivity contribution in [3.63, 3.8) is 0 Å². The predicted molar refractivity (Wildman–Crippen MR) is 98.6 cm³/mol. The number of aryl methyl sites for hydroxylation is 1. The van der Waals surface area contributed by atoms with Gasteiger partial charge >= 0.3 is 0 Å². The summed E-state index contributed by atoms with van der Waals surface area (Å²) in [6.45, 7) is 5.72. The molecule has 1 aromatic carbocycles. The lowest BCUT2D eigenvalue weighted by Gasteiger charge is -2.17. The molecule has 0 spiro atoms. The Morgan fingerprint density at radius 1 is 1.21 bits per heavy atom. The van der Waals surface area contributed by atoms with Gasteiger partial charge in [-0.1, -0.05) is 42.8 Å². The van der Waals surface area contributed by atoms with E-state index in [1.165, 1.54) is 11.1 Å². The first kappa shape index (κ1) is 17.8. The highest BCUT2D eigenvalue weighted by molar-refractivity contribution is 5.79. The first-order valence-electron chi connectivity index (χ1n) is 8.13. The minimum Gasteiger partial charge on any atom is -0.481 e. The maximum absolute atomic E-state index is 5.27. The van der Waals surface area contributed by atoms with Gasteiger partial charge in [0.2, 0.25) is 5.88 Å². The van der Waals surface area contributed by atoms with Crippen molar-refractivity contribution in [2.24, 2.45) is 4.99 Å². The number of nitrogens with zero attached hydrogens (tertiary/aromatic N) is 2. The van der Waals surface area contributed by atoms with E-state index in [2.05, 4.69) is 58.7 Å². The molecule has 0 bridgehead atoms. The van der Waals surface area contributed by atoms with E-state index >= 15 is 0 Å². The number of nitrogens with one attached hydrogen (secondary N) is 2. The van der Waals surface area contributed by atoms with Gasteiger partial charge in [-0.15, -0.1) is 0 Å². The van der Waals surface area contributed by atoms with Crippen molar-refractivity contribution in [2.75, 3.05) is 20.7 Å². The summed E-state index contributed by atoms with van der Waals surface area (Å²) in [7, 11) is 3.40. The van der Waals surface area contributed by atoms with E-state index in [0.717, 1.165) is 18.1 Å². The molecule has 0 aliphatic heterocycles. The summed E-state index contributed by atoms with van der Waals surface area (Å²) in [4.78, 5) is 8.47. The van der Waals surface area contributed by atoms with E-state index in [-0.39, 0.29) is 0 Å². The number of pyridine rings is 1. The molecule has 0 amide bonds. The van der Waals surface area contributed by atoms with Crippen LogP contribution in [0.15, 0.2) is 47.6 Å². The molecule has 0 fully saturated rings. The smallest absolute Gasteiger partial charge is 0.218 e. The van der Waals surface area contributed by atoms with E-state index in [9.17, 15) is 0 Å². The van der Waals surface area contributed by atoms with Crippen molar-refractivity contribution in [2.45, 2.75) is 26.3 Å². The van der Waals surface area contributed by atoms with Crippen LogP contribution in [0.4, 0.5) is 0 Å². The number of aromatic nitrogens is 1. The molecule has 0 saturated heterocycles. The molecule has 0 aliphatic rings. The van der Waals surface area contributed by atoms with Crippen LogP contribution >= 0.6 is 0 Å². The largest absolute Gasteiger partial charge is 0.481 e. The number of ether oxygens (including phenoxy) is 1. The van der Waals surface area contributed by atoms with Crippen molar-refractivity contribution in [3.8, 4) is 5.88 Å². The average Bonchev–Trinajstić information content (AvgIpc) is 2.62. The molecule has 1 aromatic heterocycles. The molecule has 5 heteroatoms. The topological polar surface area (TPSA) is 58.5 Å². The quantitative estimate of drug-likeness (QED) is 0.633. The molecule has 24 heavy (non-hydrogen) atoms. The second-order valence-electron chi connectivity index (χ2n) is 5.79. The number of guanidine groups is 1. The van der Waals surface area contributed by atoms with Crippen LogP contribution < -0.4 is 15.4 Å². The number of aliphatic imine (C=N–C) groups is 1. The highest BCUT2D eigenvalue weighted by Crippen LogP contribution is 2.15. The minimum atomic E-state index is 0.400. The lowest BCUT2D eigenvalue weighted by Crippen LogP contribution is -2.38. The van der Waals surface area contributed by atoms with Crippen molar-refractivity contribution in [1.29, 1.82) is 0 Å². The summed E-state index contributed by atoms with van der Waals surface area (Å²) >= 11 is 0. The molecule has 1 unspecified atom stereocenters. The van der Waals surface area contributed by atoms with Gasteiger partial charge in [0.25, 0.3) is 0 Å². The van der Waals surface area contributed by atoms with E-state index in [4.69, 9.17) is 4.74 Å². The number of hydrogen-bond acceptors (Lipinski definition) is 3. The van der Waals surface area contributed by atoms with Crippen molar-refractivity contribution < 1.29 is 4.74 Å². The summed E-state index contributed by atoms with van der Waals surface area (Å²) in [5.41, 5.74) is 3.59. The molecule has 128 valence electrons. The molecule has 0 radical (unpaired) electrons. The number of methoxy groups -OCH3 is 1. The summed E-state index contributed by atoms with van der Waals surface area (Å²) < 4.78 is 5.27. The number of benzene rings is 1. The molecule has 0 saturated carbocycles. The van der Waals surface area contributed by atoms with Crippen molar-refractivity contribution >= 4 is 5.96 Å². The Morgan fingerprint density at radius 2 is 1.96 bits per heavy atom. The van der Waals surface area contributed by atoms with Crippen molar-refractivity contribution in [1.82, 2.24) is 15.6 Å². The standard InChI is InChI=1S/C19H26N4O/c1-14-7-9-16(10-8-14)15(2)12-22-19(20-3)23-13-17-6-5-11-21-18(17)24-4/h5-11,15H,12-13H2,1-4H3,(H2,20,22,23). The zero-order valence-corrected chi connectivity index (χ0v) is 14.8. The van der Waals surface area contributed by atoms with Crippen LogP contribution in [0.5, 0.6) is 5.88 Å². The molecular formula is C19H26N4O. The molecule has 1 heterocycles. The summed E-state index contributed by atoms with van der Waals surface area (Å²) in [5, 5.41) is 6.66. The van der Waals surface area contributed by atoms with Crippen LogP contribution in [0, 0.1) is 6.92 Å². The van der Waals surface area contributed by atoms with Crippen LogP contribution in [0.1, 0.15) is 29.5 Å².